The molecular weight excluding hydrogens is 340 g/mol. The number of piperidine rings is 1. The number of aromatic nitrogens is 2. The molecule has 0 spiro atoms. The molecule has 3 heterocycles. The van der Waals surface area contributed by atoms with Crippen LogP contribution < -0.4 is 4.90 Å². The summed E-state index contributed by atoms with van der Waals surface area (Å²) in [7, 11) is 4.38. The molecule has 6 heteroatoms. The van der Waals surface area contributed by atoms with E-state index in [-0.39, 0.29) is 0 Å². The number of halogens is 1. The van der Waals surface area contributed by atoms with E-state index < -0.39 is 0 Å². The van der Waals surface area contributed by atoms with E-state index >= 15 is 0 Å². The van der Waals surface area contributed by atoms with Crippen LogP contribution in [0.5, 0.6) is 0 Å². The van der Waals surface area contributed by atoms with Gasteiger partial charge in [-0.2, -0.15) is 4.98 Å². The Hall–Kier alpha value is -0.910. The van der Waals surface area contributed by atoms with Crippen molar-refractivity contribution in [2.24, 2.45) is 5.92 Å². The van der Waals surface area contributed by atoms with Crippen molar-refractivity contribution in [3.05, 3.63) is 15.7 Å². The Kier molecular flexibility index (Phi) is 4.43. The highest BCUT2D eigenvalue weighted by molar-refractivity contribution is 7.19. The molecule has 1 fully saturated rings. The predicted octanol–water partition coefficient (Wildman–Crippen LogP) is 4.00. The lowest BCUT2D eigenvalue weighted by atomic mass is 9.89. The van der Waals surface area contributed by atoms with Gasteiger partial charge in [0, 0.05) is 18.0 Å². The number of anilines is 1. The van der Waals surface area contributed by atoms with Crippen LogP contribution in [0.2, 0.25) is 5.28 Å². The van der Waals surface area contributed by atoms with Crippen molar-refractivity contribution in [2.45, 2.75) is 45.1 Å². The van der Waals surface area contributed by atoms with Crippen molar-refractivity contribution in [2.75, 3.05) is 32.1 Å². The molecule has 0 saturated carbocycles. The lowest BCUT2D eigenvalue weighted by Crippen LogP contribution is -2.42. The quantitative estimate of drug-likeness (QED) is 0.754. The summed E-state index contributed by atoms with van der Waals surface area (Å²) in [4.78, 5) is 16.6. The van der Waals surface area contributed by atoms with Crippen molar-refractivity contribution in [1.82, 2.24) is 14.9 Å². The second kappa shape index (κ2) is 6.43. The van der Waals surface area contributed by atoms with E-state index in [1.807, 2.05) is 11.3 Å². The molecule has 130 valence electrons. The van der Waals surface area contributed by atoms with Gasteiger partial charge in [-0.3, -0.25) is 0 Å². The Morgan fingerprint density at radius 3 is 2.71 bits per heavy atom. The minimum absolute atomic E-state index is 0.379. The fourth-order valence-corrected chi connectivity index (χ4v) is 5.70. The summed E-state index contributed by atoms with van der Waals surface area (Å²) in [6.45, 7) is 4.64. The SMILES string of the molecule is CC1CCc2c(sc3nc(Cl)nc(N(C)C4CCN(C)CC4)c23)C1. The number of aryl methyl sites for hydroxylation is 1. The molecule has 1 saturated heterocycles. The van der Waals surface area contributed by atoms with Crippen LogP contribution in [-0.4, -0.2) is 48.1 Å². The molecule has 0 bridgehead atoms. The van der Waals surface area contributed by atoms with Gasteiger partial charge in [0.1, 0.15) is 10.6 Å². The zero-order chi connectivity index (χ0) is 16.8. The number of hydrogen-bond acceptors (Lipinski definition) is 5. The minimum Gasteiger partial charge on any atom is -0.356 e. The Morgan fingerprint density at radius 2 is 1.96 bits per heavy atom. The van der Waals surface area contributed by atoms with E-state index in [4.69, 9.17) is 11.6 Å². The second-order valence-electron chi connectivity index (χ2n) is 7.49. The highest BCUT2D eigenvalue weighted by atomic mass is 35.5. The van der Waals surface area contributed by atoms with Gasteiger partial charge in [-0.1, -0.05) is 6.92 Å². The lowest BCUT2D eigenvalue weighted by molar-refractivity contribution is 0.252. The number of rotatable bonds is 2. The molecule has 24 heavy (non-hydrogen) atoms. The normalized spacial score (nSPS) is 22.8. The predicted molar refractivity (Wildman–Crippen MR) is 103 cm³/mol. The van der Waals surface area contributed by atoms with E-state index in [2.05, 4.69) is 40.8 Å². The topological polar surface area (TPSA) is 32.3 Å². The van der Waals surface area contributed by atoms with Crippen molar-refractivity contribution >= 4 is 39.0 Å². The van der Waals surface area contributed by atoms with Crippen LogP contribution in [0.4, 0.5) is 5.82 Å². The van der Waals surface area contributed by atoms with E-state index in [0.717, 1.165) is 36.1 Å². The third-order valence-electron chi connectivity index (χ3n) is 5.68. The number of fused-ring (bicyclic) bond motifs is 3. The highest BCUT2D eigenvalue weighted by Gasteiger charge is 2.28. The highest BCUT2D eigenvalue weighted by Crippen LogP contribution is 2.41. The van der Waals surface area contributed by atoms with Crippen LogP contribution in [0.15, 0.2) is 0 Å². The third kappa shape index (κ3) is 2.91. The van der Waals surface area contributed by atoms with E-state index in [9.17, 15) is 0 Å². The first kappa shape index (κ1) is 16.6. The Morgan fingerprint density at radius 1 is 1.21 bits per heavy atom. The van der Waals surface area contributed by atoms with E-state index in [0.29, 0.717) is 11.3 Å². The molecular formula is C18H25ClN4S. The summed E-state index contributed by atoms with van der Waals surface area (Å²) < 4.78 is 0. The van der Waals surface area contributed by atoms with Crippen LogP contribution in [0.25, 0.3) is 10.2 Å². The summed E-state index contributed by atoms with van der Waals surface area (Å²) in [5.41, 5.74) is 1.49. The van der Waals surface area contributed by atoms with Crippen LogP contribution in [0, 0.1) is 5.92 Å². The smallest absolute Gasteiger partial charge is 0.225 e. The van der Waals surface area contributed by atoms with Crippen molar-refractivity contribution in [3.63, 3.8) is 0 Å². The second-order valence-corrected chi connectivity index (χ2v) is 8.92. The van der Waals surface area contributed by atoms with Gasteiger partial charge >= 0.3 is 0 Å². The maximum Gasteiger partial charge on any atom is 0.225 e. The number of likely N-dealkylation sites (tertiary alicyclic amines) is 1. The fraction of sp³-hybridized carbons (Fsp3) is 0.667. The van der Waals surface area contributed by atoms with E-state index in [1.165, 1.54) is 41.5 Å². The van der Waals surface area contributed by atoms with Crippen LogP contribution in [0.1, 0.15) is 36.6 Å². The first-order valence-electron chi connectivity index (χ1n) is 8.92. The number of thiophene rings is 1. The van der Waals surface area contributed by atoms with Gasteiger partial charge in [0.15, 0.2) is 0 Å². The first-order chi connectivity index (χ1) is 11.5. The van der Waals surface area contributed by atoms with Crippen LogP contribution in [0.3, 0.4) is 0 Å². The summed E-state index contributed by atoms with van der Waals surface area (Å²) >= 11 is 8.10. The summed E-state index contributed by atoms with van der Waals surface area (Å²) in [5, 5.41) is 1.65. The van der Waals surface area contributed by atoms with Gasteiger partial charge in [-0.05, 0) is 75.3 Å². The van der Waals surface area contributed by atoms with Crippen molar-refractivity contribution in [1.29, 1.82) is 0 Å². The molecule has 0 aromatic carbocycles. The van der Waals surface area contributed by atoms with Crippen LogP contribution >= 0.6 is 22.9 Å². The van der Waals surface area contributed by atoms with Gasteiger partial charge in [0.05, 0.1) is 5.39 Å². The van der Waals surface area contributed by atoms with Gasteiger partial charge in [0.25, 0.3) is 0 Å². The molecule has 4 nitrogen and oxygen atoms in total. The Labute approximate surface area is 152 Å². The molecule has 2 aromatic heterocycles. The average molecular weight is 365 g/mol. The number of nitrogens with zero attached hydrogens (tertiary/aromatic N) is 4. The maximum atomic E-state index is 6.27. The maximum absolute atomic E-state index is 6.27. The van der Waals surface area contributed by atoms with Crippen LogP contribution in [-0.2, 0) is 12.8 Å². The molecule has 2 aromatic rings. The Bertz CT molecular complexity index is 751. The number of hydrogen-bond donors (Lipinski definition) is 0. The zero-order valence-corrected chi connectivity index (χ0v) is 16.3. The molecule has 4 rings (SSSR count). The van der Waals surface area contributed by atoms with Gasteiger partial charge in [-0.25, -0.2) is 4.98 Å². The molecule has 1 atom stereocenters. The van der Waals surface area contributed by atoms with Crippen molar-refractivity contribution < 1.29 is 0 Å². The average Bonchev–Trinajstić information content (AvgIpc) is 2.91. The molecule has 2 aliphatic rings. The molecule has 1 unspecified atom stereocenters. The zero-order valence-electron chi connectivity index (χ0n) is 14.7. The molecule has 1 aliphatic heterocycles. The van der Waals surface area contributed by atoms with Gasteiger partial charge in [0.2, 0.25) is 5.28 Å². The molecule has 0 amide bonds. The van der Waals surface area contributed by atoms with Gasteiger partial charge in [-0.15, -0.1) is 11.3 Å². The summed E-state index contributed by atoms with van der Waals surface area (Å²) in [5.74, 6) is 1.82. The summed E-state index contributed by atoms with van der Waals surface area (Å²) in [6, 6.07) is 0.536. The monoisotopic (exact) mass is 364 g/mol. The third-order valence-corrected chi connectivity index (χ3v) is 7.00. The molecule has 0 radical (unpaired) electrons. The minimum atomic E-state index is 0.379. The Balaban J connectivity index is 1.77. The largest absolute Gasteiger partial charge is 0.356 e. The van der Waals surface area contributed by atoms with Crippen molar-refractivity contribution in [3.8, 4) is 0 Å². The fourth-order valence-electron chi connectivity index (χ4n) is 4.11. The first-order valence-corrected chi connectivity index (χ1v) is 10.1. The lowest BCUT2D eigenvalue weighted by Gasteiger charge is -2.36. The standard InChI is InChI=1S/C18H25ClN4S/c1-11-4-5-13-14(10-11)24-17-15(13)16(20-18(19)21-17)23(3)12-6-8-22(2)9-7-12/h11-12H,4-10H2,1-3H3. The van der Waals surface area contributed by atoms with Gasteiger partial charge < -0.3 is 9.80 Å². The molecule has 1 aliphatic carbocycles. The molecule has 0 N–H and O–H groups in total. The van der Waals surface area contributed by atoms with E-state index in [1.54, 1.807) is 0 Å². The summed E-state index contributed by atoms with van der Waals surface area (Å²) in [6.07, 6.45) is 5.94.